The van der Waals surface area contributed by atoms with Crippen LogP contribution in [-0.4, -0.2) is 137 Å². The van der Waals surface area contributed by atoms with Gasteiger partial charge in [0.1, 0.15) is 36.6 Å². The molecule has 10 atom stereocenters. The molecule has 4 N–H and O–H groups in total. The Morgan fingerprint density at radius 3 is 0.513 bits per heavy atom. The number of hydrogen-bond acceptors (Lipinski definition) is 13. The van der Waals surface area contributed by atoms with E-state index in [-0.39, 0.29) is 24.4 Å². The monoisotopic (exact) mass is 1640 g/mol. The zero-order chi connectivity index (χ0) is 80.9. The van der Waals surface area contributed by atoms with Gasteiger partial charge in [0.15, 0.2) is 12.6 Å². The topological polar surface area (TPSA) is 135 Å². The maximum Gasteiger partial charge on any atom is 0.190 e. The number of thioether (sulfide) groups is 2. The fraction of sp³-hybridized carbons (Fsp3) is 1.00. The highest BCUT2D eigenvalue weighted by atomic mass is 32.2. The van der Waals surface area contributed by atoms with Gasteiger partial charge in [0.05, 0.1) is 12.2 Å². The molecular weight excluding hydrogens is 1440 g/mol. The van der Waals surface area contributed by atoms with Crippen molar-refractivity contribution in [3.05, 3.63) is 0 Å². The van der Waals surface area contributed by atoms with Crippen molar-refractivity contribution < 1.29 is 42.6 Å². The molecule has 0 aliphatic carbocycles. The Hall–Kier alpha value is 0.260. The van der Waals surface area contributed by atoms with Crippen LogP contribution in [0.3, 0.4) is 0 Å². The predicted octanol–water partition coefficient (Wildman–Crippen LogP) is 30.4. The summed E-state index contributed by atoms with van der Waals surface area (Å²) in [6, 6.07) is 0. The number of nitrogens with two attached hydrogens (primary N) is 2. The van der Waals surface area contributed by atoms with Gasteiger partial charge in [-0.05, 0) is 38.5 Å². The van der Waals surface area contributed by atoms with E-state index in [4.69, 9.17) is 54.1 Å². The fourth-order valence-corrected chi connectivity index (χ4v) is 18.7. The second kappa shape index (κ2) is 88.6. The molecule has 0 radical (unpaired) electrons. The van der Waals surface area contributed by atoms with Gasteiger partial charge in [-0.3, -0.25) is 0 Å². The Balaban J connectivity index is 2.71. The highest BCUT2D eigenvalue weighted by molar-refractivity contribution is 7.99. The normalized spacial score (nSPS) is 20.1. The van der Waals surface area contributed by atoms with Gasteiger partial charge in [0, 0.05) is 75.7 Å². The molecule has 13 heteroatoms. The average Bonchev–Trinajstić information content (AvgIpc) is 0.774. The molecule has 0 unspecified atom stereocenters. The summed E-state index contributed by atoms with van der Waals surface area (Å²) in [6.07, 6.45) is 88.7. The molecule has 113 heavy (non-hydrogen) atoms. The Kier molecular flexibility index (Phi) is 85.7. The minimum Gasteiger partial charge on any atom is -0.373 e. The van der Waals surface area contributed by atoms with Gasteiger partial charge in [0.2, 0.25) is 0 Å². The first-order valence-corrected chi connectivity index (χ1v) is 53.6. The molecule has 2 aliphatic heterocycles. The first-order valence-electron chi connectivity index (χ1n) is 51.3. The van der Waals surface area contributed by atoms with Crippen molar-refractivity contribution in [2.75, 3.05) is 75.7 Å². The summed E-state index contributed by atoms with van der Waals surface area (Å²) in [5, 5.41) is 0. The molecule has 676 valence electrons. The lowest BCUT2D eigenvalue weighted by molar-refractivity contribution is -0.384. The quantitative estimate of drug-likeness (QED) is 0.0560. The average molecular weight is 1640 g/mol. The van der Waals surface area contributed by atoms with Crippen LogP contribution in [0.4, 0.5) is 0 Å². The van der Waals surface area contributed by atoms with Gasteiger partial charge < -0.3 is 54.1 Å². The standard InChI is InChI=1S/C100H200N2O9S2/c1-7-13-19-25-31-37-43-49-55-61-67-73-81-103-93-91(89-112-87-79-101)109-99(97(107-85-77-71-65-59-53-47-41-35-29-23-17-11-5)95(93)105-83-75-69-63-57-51-45-39-33-27-21-15-9-3)111-100-98(108-86-78-72-66-60-54-48-42-36-30-24-18-12-6)96(106-84-76-70-64-58-52-46-40-34-28-22-16-10-4)94(92(110-100)90-113-88-80-102)104-82-74-68-62-56-50-44-38-32-26-20-14-8-2/h91-100H,7-90,101-102H2,1-6H3/t91-,92-,93-,94-,95+,96+,97-,98+,99-,100-/m1/s1. The van der Waals surface area contributed by atoms with Crippen LogP contribution >= 0.6 is 23.5 Å². The summed E-state index contributed by atoms with van der Waals surface area (Å²) in [5.74, 6) is 3.10. The highest BCUT2D eigenvalue weighted by Gasteiger charge is 2.54. The minimum atomic E-state index is -0.815. The van der Waals surface area contributed by atoms with Gasteiger partial charge in [-0.15, -0.1) is 0 Å². The molecular formula is C100H200N2O9S2. The molecule has 0 bridgehead atoms. The highest BCUT2D eigenvalue weighted by Crippen LogP contribution is 2.38. The van der Waals surface area contributed by atoms with E-state index < -0.39 is 37.0 Å². The first kappa shape index (κ1) is 109. The maximum absolute atomic E-state index is 7.76. The van der Waals surface area contributed by atoms with Crippen LogP contribution in [0.5, 0.6) is 0 Å². The molecule has 2 heterocycles. The van der Waals surface area contributed by atoms with E-state index in [2.05, 4.69) is 41.5 Å². The van der Waals surface area contributed by atoms with Crippen molar-refractivity contribution in [1.82, 2.24) is 0 Å². The second-order valence-electron chi connectivity index (χ2n) is 35.3. The summed E-state index contributed by atoms with van der Waals surface area (Å²) >= 11 is 3.71. The van der Waals surface area contributed by atoms with Gasteiger partial charge in [-0.2, -0.15) is 23.5 Å². The lowest BCUT2D eigenvalue weighted by Crippen LogP contribution is -2.66. The van der Waals surface area contributed by atoms with Crippen molar-refractivity contribution in [3.63, 3.8) is 0 Å². The number of hydrogen-bond donors (Lipinski definition) is 2. The summed E-state index contributed by atoms with van der Waals surface area (Å²) in [6.45, 7) is 18.9. The second-order valence-corrected chi connectivity index (χ2v) is 37.6. The van der Waals surface area contributed by atoms with Crippen LogP contribution in [0, 0.1) is 0 Å². The van der Waals surface area contributed by atoms with Crippen molar-refractivity contribution in [2.24, 2.45) is 11.5 Å². The Bertz CT molecular complexity index is 1690. The van der Waals surface area contributed by atoms with Gasteiger partial charge >= 0.3 is 0 Å². The van der Waals surface area contributed by atoms with Gasteiger partial charge in [-0.25, -0.2) is 0 Å². The summed E-state index contributed by atoms with van der Waals surface area (Å²) in [5.41, 5.74) is 12.7. The summed E-state index contributed by atoms with van der Waals surface area (Å²) in [7, 11) is 0. The van der Waals surface area contributed by atoms with E-state index in [1.54, 1.807) is 0 Å². The van der Waals surface area contributed by atoms with Crippen molar-refractivity contribution in [1.29, 1.82) is 0 Å². The maximum atomic E-state index is 7.76. The van der Waals surface area contributed by atoms with Gasteiger partial charge in [-0.1, -0.05) is 465 Å². The third kappa shape index (κ3) is 65.6. The molecule has 2 saturated heterocycles. The lowest BCUT2D eigenvalue weighted by atomic mass is 9.97. The third-order valence-electron chi connectivity index (χ3n) is 24.4. The lowest BCUT2D eigenvalue weighted by Gasteiger charge is -2.50. The molecule has 0 aromatic heterocycles. The number of ether oxygens (including phenoxy) is 9. The fourth-order valence-electron chi connectivity index (χ4n) is 17.1. The summed E-state index contributed by atoms with van der Waals surface area (Å²) in [4.78, 5) is 0. The molecule has 0 aromatic rings. The summed E-state index contributed by atoms with van der Waals surface area (Å²) < 4.78 is 67.4. The van der Waals surface area contributed by atoms with Gasteiger partial charge in [0.25, 0.3) is 0 Å². The molecule has 2 rings (SSSR count). The van der Waals surface area contributed by atoms with Crippen LogP contribution in [0.25, 0.3) is 0 Å². The molecule has 0 aromatic carbocycles. The zero-order valence-corrected chi connectivity index (χ0v) is 78.4. The molecule has 0 amide bonds. The Morgan fingerprint density at radius 2 is 0.345 bits per heavy atom. The largest absolute Gasteiger partial charge is 0.373 e. The SMILES string of the molecule is CCCCCCCCCCCCCCO[C@@H]1[C@H](OCCCCCCCCCCCCCC)[C@@H](O[C@H]2O[C@H](CSCCN)[C@@H](OCCCCCCCCCCCCCC)[C@H](OCCCCCCCCCCCCCC)[C@H]2OCCCCCCCCCCCCCC)O[C@H](CSCCN)[C@H]1OCCCCCCCCCCCCCC. The van der Waals surface area contributed by atoms with Crippen LogP contribution in [-0.2, 0) is 42.6 Å². The minimum absolute atomic E-state index is 0.322. The zero-order valence-electron chi connectivity index (χ0n) is 76.8. The van der Waals surface area contributed by atoms with Crippen molar-refractivity contribution in [3.8, 4) is 0 Å². The van der Waals surface area contributed by atoms with E-state index in [0.717, 1.165) is 75.7 Å². The molecule has 0 spiro atoms. The smallest absolute Gasteiger partial charge is 0.190 e. The first-order chi connectivity index (χ1) is 56.0. The van der Waals surface area contributed by atoms with E-state index >= 15 is 0 Å². The van der Waals surface area contributed by atoms with Crippen molar-refractivity contribution in [2.45, 2.75) is 565 Å². The van der Waals surface area contributed by atoms with E-state index in [9.17, 15) is 0 Å². The number of rotatable bonds is 94. The molecule has 11 nitrogen and oxygen atoms in total. The predicted molar refractivity (Wildman–Crippen MR) is 496 cm³/mol. The van der Waals surface area contributed by atoms with Crippen LogP contribution in [0.15, 0.2) is 0 Å². The Labute approximate surface area is 714 Å². The van der Waals surface area contributed by atoms with E-state index in [0.29, 0.717) is 64.2 Å². The van der Waals surface area contributed by atoms with Crippen LogP contribution in [0.1, 0.15) is 504 Å². The van der Waals surface area contributed by atoms with E-state index in [1.807, 2.05) is 23.5 Å². The molecule has 0 saturated carbocycles. The third-order valence-corrected chi connectivity index (χ3v) is 26.6. The molecule has 2 fully saturated rings. The van der Waals surface area contributed by atoms with Crippen molar-refractivity contribution >= 4 is 23.5 Å². The van der Waals surface area contributed by atoms with Crippen LogP contribution in [0.2, 0.25) is 0 Å². The number of unbranched alkanes of at least 4 members (excludes halogenated alkanes) is 66. The van der Waals surface area contributed by atoms with E-state index in [1.165, 1.54) is 398 Å². The Morgan fingerprint density at radius 1 is 0.195 bits per heavy atom. The molecule has 2 aliphatic rings. The van der Waals surface area contributed by atoms with Crippen LogP contribution < -0.4 is 11.5 Å².